The summed E-state index contributed by atoms with van der Waals surface area (Å²) < 4.78 is 0. The minimum atomic E-state index is 0.304. The van der Waals surface area contributed by atoms with Crippen LogP contribution in [-0.4, -0.2) is 5.78 Å². The van der Waals surface area contributed by atoms with Crippen LogP contribution < -0.4 is 0 Å². The Hall–Kier alpha value is -0.630. The molecule has 1 fully saturated rings. The first kappa shape index (κ1) is 8.95. The van der Waals surface area contributed by atoms with Crippen molar-refractivity contribution in [3.05, 3.63) is 22.4 Å². The van der Waals surface area contributed by atoms with E-state index in [1.165, 1.54) is 12.8 Å². The lowest BCUT2D eigenvalue weighted by molar-refractivity contribution is 0.0901. The Morgan fingerprint density at radius 1 is 1.54 bits per heavy atom. The number of carbonyl (C=O) groups is 1. The molecule has 0 aromatic carbocycles. The van der Waals surface area contributed by atoms with Crippen LogP contribution in [0.3, 0.4) is 0 Å². The molecule has 1 aliphatic carbocycles. The van der Waals surface area contributed by atoms with Crippen molar-refractivity contribution in [2.45, 2.75) is 26.2 Å². The van der Waals surface area contributed by atoms with Crippen LogP contribution in [0.5, 0.6) is 0 Å². The molecule has 0 amide bonds. The molecule has 0 N–H and O–H groups in total. The molecule has 1 aromatic heterocycles. The first-order valence-electron chi connectivity index (χ1n) is 4.87. The predicted molar refractivity (Wildman–Crippen MR) is 55.2 cm³/mol. The predicted octanol–water partition coefficient (Wildman–Crippen LogP) is 3.37. The zero-order chi connectivity index (χ0) is 9.26. The maximum absolute atomic E-state index is 11.9. The summed E-state index contributed by atoms with van der Waals surface area (Å²) in [5, 5.41) is 1.98. The van der Waals surface area contributed by atoms with Gasteiger partial charge in [0, 0.05) is 5.92 Å². The topological polar surface area (TPSA) is 17.1 Å². The van der Waals surface area contributed by atoms with E-state index in [0.717, 1.165) is 11.3 Å². The molecule has 2 rings (SSSR count). The van der Waals surface area contributed by atoms with Gasteiger partial charge in [0.1, 0.15) is 0 Å². The molecule has 0 spiro atoms. The molecule has 1 nitrogen and oxygen atoms in total. The molecule has 13 heavy (non-hydrogen) atoms. The van der Waals surface area contributed by atoms with E-state index in [1.807, 2.05) is 17.5 Å². The summed E-state index contributed by atoms with van der Waals surface area (Å²) in [7, 11) is 0. The van der Waals surface area contributed by atoms with Gasteiger partial charge in [-0.05, 0) is 30.2 Å². The molecule has 0 aliphatic heterocycles. The molecule has 0 bridgehead atoms. The fourth-order valence-electron chi connectivity index (χ4n) is 2.14. The molecular weight excluding hydrogens is 180 g/mol. The smallest absolute Gasteiger partial charge is 0.176 e. The van der Waals surface area contributed by atoms with Gasteiger partial charge in [0.25, 0.3) is 0 Å². The SMILES string of the molecule is CC1CCCC1C(=O)c1cccs1. The third kappa shape index (κ3) is 1.68. The van der Waals surface area contributed by atoms with Crippen LogP contribution in [0.2, 0.25) is 0 Å². The summed E-state index contributed by atoms with van der Waals surface area (Å²) in [5.74, 6) is 1.27. The molecule has 1 aliphatic rings. The Labute approximate surface area is 82.8 Å². The molecule has 1 saturated carbocycles. The van der Waals surface area contributed by atoms with Gasteiger partial charge in [-0.1, -0.05) is 19.4 Å². The van der Waals surface area contributed by atoms with E-state index in [2.05, 4.69) is 6.92 Å². The van der Waals surface area contributed by atoms with Crippen molar-refractivity contribution in [3.8, 4) is 0 Å². The van der Waals surface area contributed by atoms with Crippen LogP contribution in [0, 0.1) is 11.8 Å². The first-order valence-corrected chi connectivity index (χ1v) is 5.74. The van der Waals surface area contributed by atoms with Crippen LogP contribution in [0.1, 0.15) is 35.9 Å². The van der Waals surface area contributed by atoms with E-state index in [0.29, 0.717) is 17.6 Å². The second-order valence-corrected chi connectivity index (χ2v) is 4.80. The molecule has 2 atom stereocenters. The van der Waals surface area contributed by atoms with Crippen molar-refractivity contribution in [1.82, 2.24) is 0 Å². The Balaban J connectivity index is 2.13. The lowest BCUT2D eigenvalue weighted by Gasteiger charge is -2.11. The molecular formula is C11H14OS. The standard InChI is InChI=1S/C11H14OS/c1-8-4-2-5-9(8)11(12)10-6-3-7-13-10/h3,6-9H,2,4-5H2,1H3. The number of Topliss-reactive ketones (excluding diaryl/α,β-unsaturated/α-hetero) is 1. The zero-order valence-electron chi connectivity index (χ0n) is 7.82. The number of rotatable bonds is 2. The van der Waals surface area contributed by atoms with Crippen LogP contribution in [0.15, 0.2) is 17.5 Å². The van der Waals surface area contributed by atoms with E-state index < -0.39 is 0 Å². The maximum Gasteiger partial charge on any atom is 0.176 e. The van der Waals surface area contributed by atoms with Gasteiger partial charge in [-0.2, -0.15) is 0 Å². The van der Waals surface area contributed by atoms with Crippen LogP contribution in [0.4, 0.5) is 0 Å². The monoisotopic (exact) mass is 194 g/mol. The number of carbonyl (C=O) groups excluding carboxylic acids is 1. The van der Waals surface area contributed by atoms with Gasteiger partial charge in [-0.15, -0.1) is 11.3 Å². The van der Waals surface area contributed by atoms with E-state index in [1.54, 1.807) is 11.3 Å². The fraction of sp³-hybridized carbons (Fsp3) is 0.545. The average Bonchev–Trinajstić information content (AvgIpc) is 2.72. The highest BCUT2D eigenvalue weighted by Gasteiger charge is 2.30. The van der Waals surface area contributed by atoms with Gasteiger partial charge in [0.05, 0.1) is 4.88 Å². The largest absolute Gasteiger partial charge is 0.293 e. The average molecular weight is 194 g/mol. The van der Waals surface area contributed by atoms with Crippen molar-refractivity contribution in [3.63, 3.8) is 0 Å². The molecule has 0 saturated heterocycles. The van der Waals surface area contributed by atoms with E-state index in [4.69, 9.17) is 0 Å². The van der Waals surface area contributed by atoms with Gasteiger partial charge in [-0.3, -0.25) is 4.79 Å². The van der Waals surface area contributed by atoms with Gasteiger partial charge in [0.15, 0.2) is 5.78 Å². The molecule has 2 heteroatoms. The van der Waals surface area contributed by atoms with Crippen LogP contribution in [-0.2, 0) is 0 Å². The van der Waals surface area contributed by atoms with Crippen molar-refractivity contribution < 1.29 is 4.79 Å². The van der Waals surface area contributed by atoms with Crippen molar-refractivity contribution in [2.24, 2.45) is 11.8 Å². The van der Waals surface area contributed by atoms with Crippen LogP contribution >= 0.6 is 11.3 Å². The maximum atomic E-state index is 11.9. The number of hydrogen-bond donors (Lipinski definition) is 0. The summed E-state index contributed by atoms with van der Waals surface area (Å²) in [5.41, 5.74) is 0. The van der Waals surface area contributed by atoms with Crippen molar-refractivity contribution in [1.29, 1.82) is 0 Å². The highest BCUT2D eigenvalue weighted by molar-refractivity contribution is 7.12. The lowest BCUT2D eigenvalue weighted by atomic mass is 9.93. The summed E-state index contributed by atoms with van der Waals surface area (Å²) in [6.45, 7) is 2.20. The summed E-state index contributed by atoms with van der Waals surface area (Å²) in [4.78, 5) is 12.9. The lowest BCUT2D eigenvalue weighted by Crippen LogP contribution is -2.15. The molecule has 1 heterocycles. The van der Waals surface area contributed by atoms with Gasteiger partial charge < -0.3 is 0 Å². The Morgan fingerprint density at radius 2 is 2.38 bits per heavy atom. The summed E-state index contributed by atoms with van der Waals surface area (Å²) in [6, 6.07) is 3.90. The fourth-order valence-corrected chi connectivity index (χ4v) is 2.86. The van der Waals surface area contributed by atoms with Crippen molar-refractivity contribution >= 4 is 17.1 Å². The molecule has 0 radical (unpaired) electrons. The molecule has 1 aromatic rings. The third-order valence-electron chi connectivity index (χ3n) is 2.96. The number of ketones is 1. The Kier molecular flexibility index (Phi) is 2.49. The minimum Gasteiger partial charge on any atom is -0.293 e. The second kappa shape index (κ2) is 3.62. The highest BCUT2D eigenvalue weighted by Crippen LogP contribution is 2.34. The molecule has 70 valence electrons. The van der Waals surface area contributed by atoms with Gasteiger partial charge in [-0.25, -0.2) is 0 Å². The Morgan fingerprint density at radius 3 is 2.92 bits per heavy atom. The Bertz CT molecular complexity index is 289. The van der Waals surface area contributed by atoms with E-state index in [9.17, 15) is 4.79 Å². The first-order chi connectivity index (χ1) is 6.29. The van der Waals surface area contributed by atoms with E-state index in [-0.39, 0.29) is 0 Å². The highest BCUT2D eigenvalue weighted by atomic mass is 32.1. The minimum absolute atomic E-state index is 0.304. The molecule has 2 unspecified atom stereocenters. The van der Waals surface area contributed by atoms with Crippen LogP contribution in [0.25, 0.3) is 0 Å². The third-order valence-corrected chi connectivity index (χ3v) is 3.85. The normalized spacial score (nSPS) is 27.8. The number of thiophene rings is 1. The van der Waals surface area contributed by atoms with Gasteiger partial charge >= 0.3 is 0 Å². The second-order valence-electron chi connectivity index (χ2n) is 3.86. The van der Waals surface area contributed by atoms with Crippen molar-refractivity contribution in [2.75, 3.05) is 0 Å². The zero-order valence-corrected chi connectivity index (χ0v) is 8.64. The van der Waals surface area contributed by atoms with E-state index >= 15 is 0 Å². The summed E-state index contributed by atoms with van der Waals surface area (Å²) in [6.07, 6.45) is 3.54. The summed E-state index contributed by atoms with van der Waals surface area (Å²) >= 11 is 1.57. The number of hydrogen-bond acceptors (Lipinski definition) is 2. The quantitative estimate of drug-likeness (QED) is 0.660. The van der Waals surface area contributed by atoms with Gasteiger partial charge in [0.2, 0.25) is 0 Å².